The number of aliphatic hydroxyl groups excluding tert-OH is 1. The molecule has 2 aromatic rings. The Bertz CT molecular complexity index is 672. The molecule has 1 aromatic carbocycles. The number of rotatable bonds is 2. The molecular formula is C14H15N3O3. The molecule has 0 fully saturated rings. The first kappa shape index (κ1) is 12.7. The molecule has 1 aliphatic rings. The predicted molar refractivity (Wildman–Crippen MR) is 75.7 cm³/mol. The Labute approximate surface area is 116 Å². The molecule has 2 heterocycles. The van der Waals surface area contributed by atoms with Crippen LogP contribution in [0.3, 0.4) is 0 Å². The largest absolute Gasteiger partial charge is 0.496 e. The summed E-state index contributed by atoms with van der Waals surface area (Å²) in [6, 6.07) is 3.71. The first-order valence-electron chi connectivity index (χ1n) is 6.24. The summed E-state index contributed by atoms with van der Waals surface area (Å²) in [6.07, 6.45) is 0.670. The number of nitrogens with zero attached hydrogens (tertiary/aromatic N) is 2. The predicted octanol–water partition coefficient (Wildman–Crippen LogP) is 2.41. The first-order chi connectivity index (χ1) is 9.60. The fourth-order valence-corrected chi connectivity index (χ4v) is 2.37. The van der Waals surface area contributed by atoms with Crippen molar-refractivity contribution in [2.24, 2.45) is 4.99 Å². The van der Waals surface area contributed by atoms with E-state index in [1.54, 1.807) is 7.11 Å². The average molecular weight is 273 g/mol. The number of nitrogens with one attached hydrogen (secondary N) is 1. The molecule has 104 valence electrons. The highest BCUT2D eigenvalue weighted by Gasteiger charge is 2.20. The van der Waals surface area contributed by atoms with Crippen LogP contribution in [0.5, 0.6) is 5.75 Å². The number of hydrogen-bond donors (Lipinski definition) is 2. The maximum absolute atomic E-state index is 9.53. The first-order valence-corrected chi connectivity index (χ1v) is 6.24. The van der Waals surface area contributed by atoms with Crippen LogP contribution < -0.4 is 10.1 Å². The van der Waals surface area contributed by atoms with E-state index in [4.69, 9.17) is 9.26 Å². The normalized spacial score (nSPS) is 16.7. The van der Waals surface area contributed by atoms with Crippen LogP contribution in [-0.2, 0) is 0 Å². The smallest absolute Gasteiger partial charge is 0.161 e. The van der Waals surface area contributed by atoms with Gasteiger partial charge in [0.05, 0.1) is 36.0 Å². The quantitative estimate of drug-likeness (QED) is 0.878. The lowest BCUT2D eigenvalue weighted by atomic mass is 10.0. The third-order valence-electron chi connectivity index (χ3n) is 3.28. The van der Waals surface area contributed by atoms with E-state index in [-0.39, 0.29) is 0 Å². The molecule has 0 aliphatic carbocycles. The molecule has 3 rings (SSSR count). The number of ether oxygens (including phenoxy) is 1. The van der Waals surface area contributed by atoms with E-state index >= 15 is 0 Å². The van der Waals surface area contributed by atoms with Crippen LogP contribution >= 0.6 is 0 Å². The molecule has 1 atom stereocenters. The molecule has 0 bridgehead atoms. The second kappa shape index (κ2) is 4.64. The van der Waals surface area contributed by atoms with E-state index < -0.39 is 6.23 Å². The van der Waals surface area contributed by atoms with E-state index in [0.717, 1.165) is 34.0 Å². The van der Waals surface area contributed by atoms with Crippen LogP contribution in [0.25, 0.3) is 11.1 Å². The molecule has 1 aromatic heterocycles. The van der Waals surface area contributed by atoms with Crippen LogP contribution in [0, 0.1) is 13.8 Å². The van der Waals surface area contributed by atoms with Gasteiger partial charge in [-0.25, -0.2) is 0 Å². The molecule has 2 N–H and O–H groups in total. The van der Waals surface area contributed by atoms with Crippen molar-refractivity contribution in [1.82, 2.24) is 5.16 Å². The Morgan fingerprint density at radius 1 is 1.35 bits per heavy atom. The van der Waals surface area contributed by atoms with Crippen molar-refractivity contribution in [2.45, 2.75) is 20.1 Å². The van der Waals surface area contributed by atoms with Gasteiger partial charge in [-0.2, -0.15) is 0 Å². The van der Waals surface area contributed by atoms with Gasteiger partial charge in [-0.1, -0.05) is 5.16 Å². The van der Waals surface area contributed by atoms with Crippen molar-refractivity contribution in [2.75, 3.05) is 12.4 Å². The minimum absolute atomic E-state index is 0.676. The van der Waals surface area contributed by atoms with Crippen molar-refractivity contribution in [3.63, 3.8) is 0 Å². The molecule has 1 aliphatic heterocycles. The van der Waals surface area contributed by atoms with Crippen molar-refractivity contribution < 1.29 is 14.4 Å². The topological polar surface area (TPSA) is 79.9 Å². The molecule has 6 nitrogen and oxygen atoms in total. The van der Waals surface area contributed by atoms with Crippen LogP contribution in [0.1, 0.15) is 11.5 Å². The average Bonchev–Trinajstić information content (AvgIpc) is 2.76. The number of aryl methyl sites for hydroxylation is 2. The molecule has 6 heteroatoms. The zero-order valence-electron chi connectivity index (χ0n) is 11.5. The van der Waals surface area contributed by atoms with Crippen LogP contribution in [-0.4, -0.2) is 29.8 Å². The van der Waals surface area contributed by atoms with Gasteiger partial charge in [-0.05, 0) is 19.9 Å². The molecule has 20 heavy (non-hydrogen) atoms. The standard InChI is InChI=1S/C14H15N3O3/c1-7-14(8(2)20-17-7)9-4-10-11(5-12(9)19-3)16-13(18)6-15-10/h4-6,13,16,18H,1-3H3. The lowest BCUT2D eigenvalue weighted by Gasteiger charge is -2.19. The summed E-state index contributed by atoms with van der Waals surface area (Å²) in [5, 5.41) is 16.4. The number of aliphatic imine (C=N–C) groups is 1. The summed E-state index contributed by atoms with van der Waals surface area (Å²) in [5.74, 6) is 1.41. The van der Waals surface area contributed by atoms with E-state index in [1.807, 2.05) is 26.0 Å². The molecule has 1 unspecified atom stereocenters. The van der Waals surface area contributed by atoms with Gasteiger partial charge in [0.15, 0.2) is 6.23 Å². The SMILES string of the molecule is COc1cc2c(cc1-c1c(C)noc1C)N=CC(O)N2. The summed E-state index contributed by atoms with van der Waals surface area (Å²) < 4.78 is 10.6. The lowest BCUT2D eigenvalue weighted by Crippen LogP contribution is -2.22. The van der Waals surface area contributed by atoms with Gasteiger partial charge in [-0.15, -0.1) is 0 Å². The second-order valence-electron chi connectivity index (χ2n) is 4.64. The number of methoxy groups -OCH3 is 1. The zero-order chi connectivity index (χ0) is 14.3. The minimum atomic E-state index is -0.780. The van der Waals surface area contributed by atoms with E-state index in [9.17, 15) is 5.11 Å². The maximum Gasteiger partial charge on any atom is 0.161 e. The van der Waals surface area contributed by atoms with Gasteiger partial charge in [0.2, 0.25) is 0 Å². The zero-order valence-corrected chi connectivity index (χ0v) is 11.5. The second-order valence-corrected chi connectivity index (χ2v) is 4.64. The highest BCUT2D eigenvalue weighted by molar-refractivity contribution is 5.88. The Balaban J connectivity index is 2.21. The molecule has 0 saturated carbocycles. The Kier molecular flexibility index (Phi) is 2.94. The highest BCUT2D eigenvalue weighted by atomic mass is 16.5. The number of aromatic nitrogens is 1. The third kappa shape index (κ3) is 1.94. The number of hydrogen-bond acceptors (Lipinski definition) is 6. The number of aliphatic hydroxyl groups is 1. The van der Waals surface area contributed by atoms with Gasteiger partial charge < -0.3 is 19.7 Å². The van der Waals surface area contributed by atoms with E-state index in [1.165, 1.54) is 6.21 Å². The Morgan fingerprint density at radius 3 is 2.80 bits per heavy atom. The maximum atomic E-state index is 9.53. The summed E-state index contributed by atoms with van der Waals surface area (Å²) >= 11 is 0. The molecular weight excluding hydrogens is 258 g/mol. The fourth-order valence-electron chi connectivity index (χ4n) is 2.37. The van der Waals surface area contributed by atoms with E-state index in [0.29, 0.717) is 5.75 Å². The van der Waals surface area contributed by atoms with Gasteiger partial charge >= 0.3 is 0 Å². The van der Waals surface area contributed by atoms with Crippen molar-refractivity contribution in [3.8, 4) is 16.9 Å². The summed E-state index contributed by atoms with van der Waals surface area (Å²) in [6.45, 7) is 3.75. The van der Waals surface area contributed by atoms with Gasteiger partial charge in [0.25, 0.3) is 0 Å². The monoisotopic (exact) mass is 273 g/mol. The molecule has 0 spiro atoms. The van der Waals surface area contributed by atoms with Crippen molar-refractivity contribution >= 4 is 17.6 Å². The summed E-state index contributed by atoms with van der Waals surface area (Å²) in [7, 11) is 1.60. The molecule has 0 radical (unpaired) electrons. The minimum Gasteiger partial charge on any atom is -0.496 e. The Morgan fingerprint density at radius 2 is 2.15 bits per heavy atom. The highest BCUT2D eigenvalue weighted by Crippen LogP contribution is 2.42. The third-order valence-corrected chi connectivity index (χ3v) is 3.28. The van der Waals surface area contributed by atoms with Crippen molar-refractivity contribution in [3.05, 3.63) is 23.6 Å². The van der Waals surface area contributed by atoms with Crippen LogP contribution in [0.15, 0.2) is 21.6 Å². The molecule has 0 amide bonds. The summed E-state index contributed by atoms with van der Waals surface area (Å²) in [5.41, 5.74) is 4.05. The van der Waals surface area contributed by atoms with Gasteiger partial charge in [-0.3, -0.25) is 4.99 Å². The van der Waals surface area contributed by atoms with Crippen molar-refractivity contribution in [1.29, 1.82) is 0 Å². The number of benzene rings is 1. The number of fused-ring (bicyclic) bond motifs is 1. The number of anilines is 1. The van der Waals surface area contributed by atoms with Gasteiger partial charge in [0, 0.05) is 11.6 Å². The van der Waals surface area contributed by atoms with Gasteiger partial charge in [0.1, 0.15) is 11.5 Å². The fraction of sp³-hybridized carbons (Fsp3) is 0.286. The summed E-state index contributed by atoms with van der Waals surface area (Å²) in [4.78, 5) is 4.24. The lowest BCUT2D eigenvalue weighted by molar-refractivity contribution is 0.274. The van der Waals surface area contributed by atoms with Crippen LogP contribution in [0.4, 0.5) is 11.4 Å². The molecule has 0 saturated heterocycles. The van der Waals surface area contributed by atoms with Crippen LogP contribution in [0.2, 0.25) is 0 Å². The Hall–Kier alpha value is -2.34. The van der Waals surface area contributed by atoms with E-state index in [2.05, 4.69) is 15.5 Å².